The maximum atomic E-state index is 12.0. The van der Waals surface area contributed by atoms with E-state index >= 15 is 0 Å². The molecule has 4 nitrogen and oxygen atoms in total. The topological polar surface area (TPSA) is 60.2 Å². The highest BCUT2D eigenvalue weighted by Crippen LogP contribution is 2.32. The predicted molar refractivity (Wildman–Crippen MR) is 71.5 cm³/mol. The number of hydrogen-bond acceptors (Lipinski definition) is 4. The van der Waals surface area contributed by atoms with E-state index in [4.69, 9.17) is 0 Å². The zero-order valence-electron chi connectivity index (χ0n) is 9.95. The average Bonchev–Trinajstić information content (AvgIpc) is 2.38. The number of thioether (sulfide) groups is 1. The van der Waals surface area contributed by atoms with E-state index in [-0.39, 0.29) is 29.1 Å². The predicted octanol–water partition coefficient (Wildman–Crippen LogP) is 2.37. The van der Waals surface area contributed by atoms with Crippen LogP contribution in [0.4, 0.5) is 0 Å². The summed E-state index contributed by atoms with van der Waals surface area (Å²) in [5.74, 6) is 1.21. The van der Waals surface area contributed by atoms with Crippen LogP contribution >= 0.6 is 11.8 Å². The van der Waals surface area contributed by atoms with Crippen molar-refractivity contribution in [2.45, 2.75) is 12.3 Å². The number of nitrogens with zero attached hydrogens (tertiary/aromatic N) is 1. The molecule has 1 unspecified atom stereocenters. The molecule has 0 bridgehead atoms. The minimum Gasteiger partial charge on any atom is -0.299 e. The van der Waals surface area contributed by atoms with Crippen LogP contribution in [-0.2, 0) is 4.79 Å². The van der Waals surface area contributed by atoms with Crippen molar-refractivity contribution < 1.29 is 9.72 Å². The maximum Gasteiger partial charge on any atom is 0.211 e. The third kappa shape index (κ3) is 3.10. The smallest absolute Gasteiger partial charge is 0.211 e. The molecule has 2 atom stereocenters. The van der Waals surface area contributed by atoms with Crippen molar-refractivity contribution >= 4 is 17.5 Å². The second-order valence-corrected chi connectivity index (χ2v) is 5.58. The summed E-state index contributed by atoms with van der Waals surface area (Å²) in [5.41, 5.74) is 0.898. The maximum absolute atomic E-state index is 12.0. The number of nitro groups is 1. The van der Waals surface area contributed by atoms with E-state index in [1.165, 1.54) is 0 Å². The molecule has 5 heteroatoms. The molecule has 1 heterocycles. The fraction of sp³-hybridized carbons (Fsp3) is 0.462. The van der Waals surface area contributed by atoms with Crippen LogP contribution in [-0.4, -0.2) is 28.8 Å². The summed E-state index contributed by atoms with van der Waals surface area (Å²) in [5, 5.41) is 10.8. The Hall–Kier alpha value is -1.36. The van der Waals surface area contributed by atoms with Gasteiger partial charge < -0.3 is 0 Å². The number of carbonyl (C=O) groups excluding carboxylic acids is 1. The molecule has 0 aliphatic carbocycles. The Morgan fingerprint density at radius 2 is 2.11 bits per heavy atom. The third-order valence-corrected chi connectivity index (χ3v) is 4.35. The molecule has 1 aliphatic rings. The Labute approximate surface area is 110 Å². The first-order valence-electron chi connectivity index (χ1n) is 5.95. The Bertz CT molecular complexity index is 435. The fourth-order valence-corrected chi connectivity index (χ4v) is 3.51. The number of carbonyl (C=O) groups is 1. The largest absolute Gasteiger partial charge is 0.299 e. The summed E-state index contributed by atoms with van der Waals surface area (Å²) >= 11 is 1.71. The lowest BCUT2D eigenvalue weighted by Crippen LogP contribution is -2.32. The first-order chi connectivity index (χ1) is 8.68. The van der Waals surface area contributed by atoms with Crippen LogP contribution in [0, 0.1) is 16.0 Å². The SMILES string of the molecule is O=C1CCSC[C@@H]1C(C[N+](=O)[O-])c1ccccc1. The van der Waals surface area contributed by atoms with Crippen molar-refractivity contribution in [3.63, 3.8) is 0 Å². The van der Waals surface area contributed by atoms with Gasteiger partial charge in [0.1, 0.15) is 5.78 Å². The molecule has 0 saturated carbocycles. The van der Waals surface area contributed by atoms with Crippen LogP contribution in [0.1, 0.15) is 17.9 Å². The van der Waals surface area contributed by atoms with Gasteiger partial charge in [-0.1, -0.05) is 30.3 Å². The number of rotatable bonds is 4. The highest BCUT2D eigenvalue weighted by molar-refractivity contribution is 7.99. The second-order valence-electron chi connectivity index (χ2n) is 4.43. The standard InChI is InChI=1S/C13H15NO3S/c15-13-6-7-18-9-12(13)11(8-14(16)17)10-4-2-1-3-5-10/h1-5,11-12H,6-9H2/t11?,12-/m1/s1. The van der Waals surface area contributed by atoms with Gasteiger partial charge in [0, 0.05) is 28.8 Å². The van der Waals surface area contributed by atoms with Crippen molar-refractivity contribution in [3.8, 4) is 0 Å². The van der Waals surface area contributed by atoms with Crippen molar-refractivity contribution in [3.05, 3.63) is 46.0 Å². The van der Waals surface area contributed by atoms with E-state index in [1.807, 2.05) is 30.3 Å². The zero-order valence-corrected chi connectivity index (χ0v) is 10.8. The van der Waals surface area contributed by atoms with Gasteiger partial charge in [0.2, 0.25) is 6.54 Å². The molecule has 96 valence electrons. The Balaban J connectivity index is 2.24. The van der Waals surface area contributed by atoms with Crippen LogP contribution in [0.5, 0.6) is 0 Å². The number of hydrogen-bond donors (Lipinski definition) is 0. The normalized spacial score (nSPS) is 21.6. The molecule has 1 aromatic rings. The summed E-state index contributed by atoms with van der Waals surface area (Å²) < 4.78 is 0. The fourth-order valence-electron chi connectivity index (χ4n) is 2.33. The number of benzene rings is 1. The van der Waals surface area contributed by atoms with Crippen molar-refractivity contribution in [1.82, 2.24) is 0 Å². The van der Waals surface area contributed by atoms with Crippen LogP contribution in [0.2, 0.25) is 0 Å². The lowest BCUT2D eigenvalue weighted by molar-refractivity contribution is -0.484. The molecule has 0 radical (unpaired) electrons. The first-order valence-corrected chi connectivity index (χ1v) is 7.11. The van der Waals surface area contributed by atoms with Crippen LogP contribution in [0.3, 0.4) is 0 Å². The summed E-state index contributed by atoms with van der Waals surface area (Å²) in [6.07, 6.45) is 0.538. The van der Waals surface area contributed by atoms with Gasteiger partial charge in [0.05, 0.1) is 5.92 Å². The lowest BCUT2D eigenvalue weighted by Gasteiger charge is -2.26. The molecule has 1 aliphatic heterocycles. The van der Waals surface area contributed by atoms with E-state index in [0.717, 1.165) is 11.3 Å². The van der Waals surface area contributed by atoms with Gasteiger partial charge in [-0.3, -0.25) is 14.9 Å². The summed E-state index contributed by atoms with van der Waals surface area (Å²) in [6.45, 7) is -0.166. The first kappa shape index (κ1) is 13.1. The molecule has 2 rings (SSSR count). The Kier molecular flexibility index (Phi) is 4.36. The number of ketones is 1. The zero-order chi connectivity index (χ0) is 13.0. The van der Waals surface area contributed by atoms with Gasteiger partial charge >= 0.3 is 0 Å². The summed E-state index contributed by atoms with van der Waals surface area (Å²) in [7, 11) is 0. The van der Waals surface area contributed by atoms with Gasteiger partial charge in [-0.05, 0) is 5.56 Å². The van der Waals surface area contributed by atoms with E-state index in [2.05, 4.69) is 0 Å². The van der Waals surface area contributed by atoms with Gasteiger partial charge in [-0.2, -0.15) is 11.8 Å². The monoisotopic (exact) mass is 265 g/mol. The van der Waals surface area contributed by atoms with Crippen LogP contribution in [0.25, 0.3) is 0 Å². The molecule has 0 spiro atoms. The molecule has 18 heavy (non-hydrogen) atoms. The number of Topliss-reactive ketones (excluding diaryl/α,β-unsaturated/α-hetero) is 1. The molecule has 0 N–H and O–H groups in total. The van der Waals surface area contributed by atoms with E-state index < -0.39 is 0 Å². The average molecular weight is 265 g/mol. The Morgan fingerprint density at radius 3 is 2.72 bits per heavy atom. The van der Waals surface area contributed by atoms with Crippen molar-refractivity contribution in [1.29, 1.82) is 0 Å². The van der Waals surface area contributed by atoms with Crippen LogP contribution < -0.4 is 0 Å². The molecule has 1 aromatic carbocycles. The second kappa shape index (κ2) is 6.00. The van der Waals surface area contributed by atoms with Crippen molar-refractivity contribution in [2.24, 2.45) is 5.92 Å². The van der Waals surface area contributed by atoms with E-state index in [0.29, 0.717) is 12.2 Å². The molecular weight excluding hydrogens is 250 g/mol. The van der Waals surface area contributed by atoms with Gasteiger partial charge in [0.15, 0.2) is 0 Å². The molecule has 1 saturated heterocycles. The highest BCUT2D eigenvalue weighted by atomic mass is 32.2. The van der Waals surface area contributed by atoms with E-state index in [1.54, 1.807) is 11.8 Å². The minimum absolute atomic E-state index is 0.166. The van der Waals surface area contributed by atoms with Gasteiger partial charge in [-0.25, -0.2) is 0 Å². The molecule has 0 amide bonds. The molecule has 0 aromatic heterocycles. The quantitative estimate of drug-likeness (QED) is 0.619. The molecule has 1 fully saturated rings. The highest BCUT2D eigenvalue weighted by Gasteiger charge is 2.34. The lowest BCUT2D eigenvalue weighted by atomic mass is 9.83. The summed E-state index contributed by atoms with van der Waals surface area (Å²) in [4.78, 5) is 22.5. The Morgan fingerprint density at radius 1 is 1.39 bits per heavy atom. The van der Waals surface area contributed by atoms with Crippen LogP contribution in [0.15, 0.2) is 30.3 Å². The summed E-state index contributed by atoms with van der Waals surface area (Å²) in [6, 6.07) is 9.36. The third-order valence-electron chi connectivity index (χ3n) is 3.26. The van der Waals surface area contributed by atoms with Gasteiger partial charge in [-0.15, -0.1) is 0 Å². The molecular formula is C13H15NO3S. The van der Waals surface area contributed by atoms with Gasteiger partial charge in [0.25, 0.3) is 0 Å². The van der Waals surface area contributed by atoms with E-state index in [9.17, 15) is 14.9 Å². The minimum atomic E-state index is -0.315. The van der Waals surface area contributed by atoms with Crippen molar-refractivity contribution in [2.75, 3.05) is 18.1 Å².